The third-order valence-electron chi connectivity index (χ3n) is 2.94. The summed E-state index contributed by atoms with van der Waals surface area (Å²) in [6.07, 6.45) is 0.742. The van der Waals surface area contributed by atoms with E-state index in [-0.39, 0.29) is 16.5 Å². The van der Waals surface area contributed by atoms with Gasteiger partial charge in [0.1, 0.15) is 0 Å². The van der Waals surface area contributed by atoms with Crippen molar-refractivity contribution in [3.8, 4) is 0 Å². The quantitative estimate of drug-likeness (QED) is 0.641. The fourth-order valence-electron chi connectivity index (χ4n) is 2.01. The summed E-state index contributed by atoms with van der Waals surface area (Å²) in [4.78, 5) is 0.101. The Labute approximate surface area is 126 Å². The molecule has 0 bridgehead atoms. The third kappa shape index (κ3) is 3.33. The molecule has 2 unspecified atom stereocenters. The van der Waals surface area contributed by atoms with E-state index in [1.165, 1.54) is 0 Å². The van der Waals surface area contributed by atoms with Crippen LogP contribution in [-0.4, -0.2) is 19.9 Å². The molecule has 2 nitrogen and oxygen atoms in total. The molecule has 17 heavy (non-hydrogen) atoms. The van der Waals surface area contributed by atoms with Gasteiger partial charge in [-0.1, -0.05) is 22.0 Å². The van der Waals surface area contributed by atoms with Crippen molar-refractivity contribution >= 4 is 57.6 Å². The maximum absolute atomic E-state index is 11.5. The lowest BCUT2D eigenvalue weighted by atomic mass is 9.99. The van der Waals surface area contributed by atoms with E-state index < -0.39 is 9.84 Å². The summed E-state index contributed by atoms with van der Waals surface area (Å²) in [5.74, 6) is 0.779. The average Bonchev–Trinajstić information content (AvgIpc) is 2.62. The second-order valence-corrected chi connectivity index (χ2v) is 9.16. The van der Waals surface area contributed by atoms with Gasteiger partial charge in [0.15, 0.2) is 9.84 Å². The zero-order valence-corrected chi connectivity index (χ0v) is 14.4. The minimum atomic E-state index is -2.82. The largest absolute Gasteiger partial charge is 0.229 e. The molecule has 1 aliphatic heterocycles. The number of rotatable bonds is 2. The van der Waals surface area contributed by atoms with Gasteiger partial charge in [-0.15, -0.1) is 0 Å². The first-order valence-electron chi connectivity index (χ1n) is 5.18. The van der Waals surface area contributed by atoms with Crippen molar-refractivity contribution < 1.29 is 8.42 Å². The molecule has 1 aliphatic rings. The lowest BCUT2D eigenvalue weighted by molar-refractivity contribution is 0.579. The number of benzene rings is 1. The summed E-state index contributed by atoms with van der Waals surface area (Å²) in [5, 5.41) is 0. The van der Waals surface area contributed by atoms with Gasteiger partial charge in [0, 0.05) is 13.8 Å². The van der Waals surface area contributed by atoms with Crippen molar-refractivity contribution in [2.45, 2.75) is 11.2 Å². The molecule has 1 fully saturated rings. The van der Waals surface area contributed by atoms with Crippen molar-refractivity contribution in [1.29, 1.82) is 0 Å². The number of alkyl halides is 1. The fraction of sp³-hybridized carbons (Fsp3) is 0.455. The van der Waals surface area contributed by atoms with Crippen LogP contribution < -0.4 is 0 Å². The van der Waals surface area contributed by atoms with Gasteiger partial charge in [-0.2, -0.15) is 0 Å². The van der Waals surface area contributed by atoms with Crippen molar-refractivity contribution in [1.82, 2.24) is 0 Å². The molecule has 94 valence electrons. The number of halogens is 3. The summed E-state index contributed by atoms with van der Waals surface area (Å²) in [7, 11) is -2.82. The van der Waals surface area contributed by atoms with Gasteiger partial charge < -0.3 is 0 Å². The standard InChI is InChI=1S/C11H11Br3O2S/c12-9-2-1-7(5-10(9)13)11(14)8-3-4-17(15,16)6-8/h1-2,5,8,11H,3-4,6H2. The molecule has 2 atom stereocenters. The van der Waals surface area contributed by atoms with Crippen LogP contribution in [0.2, 0.25) is 0 Å². The Morgan fingerprint density at radius 2 is 1.94 bits per heavy atom. The molecule has 0 spiro atoms. The first-order chi connectivity index (χ1) is 7.89. The Hall–Kier alpha value is 0.610. The zero-order chi connectivity index (χ0) is 12.6. The average molecular weight is 447 g/mol. The Morgan fingerprint density at radius 1 is 1.24 bits per heavy atom. The highest BCUT2D eigenvalue weighted by atomic mass is 79.9. The molecule has 1 saturated heterocycles. The van der Waals surface area contributed by atoms with Crippen LogP contribution >= 0.6 is 47.8 Å². The van der Waals surface area contributed by atoms with Gasteiger partial charge in [-0.3, -0.25) is 0 Å². The highest BCUT2D eigenvalue weighted by Gasteiger charge is 2.33. The molecular formula is C11H11Br3O2S. The fourth-order valence-corrected chi connectivity index (χ4v) is 5.48. The minimum absolute atomic E-state index is 0.101. The van der Waals surface area contributed by atoms with Crippen LogP contribution in [0.4, 0.5) is 0 Å². The van der Waals surface area contributed by atoms with Crippen LogP contribution in [0.25, 0.3) is 0 Å². The van der Waals surface area contributed by atoms with Crippen LogP contribution in [0, 0.1) is 5.92 Å². The van der Waals surface area contributed by atoms with Crippen LogP contribution in [0.1, 0.15) is 16.8 Å². The molecule has 1 aromatic rings. The molecular weight excluding hydrogens is 436 g/mol. The second-order valence-electron chi connectivity index (χ2n) is 4.24. The molecule has 0 amide bonds. The SMILES string of the molecule is O=S1(=O)CCC(C(Br)c2ccc(Br)c(Br)c2)C1. The van der Waals surface area contributed by atoms with Crippen LogP contribution in [-0.2, 0) is 9.84 Å². The van der Waals surface area contributed by atoms with E-state index in [0.29, 0.717) is 5.75 Å². The van der Waals surface area contributed by atoms with Gasteiger partial charge in [-0.25, -0.2) is 8.42 Å². The van der Waals surface area contributed by atoms with Crippen molar-refractivity contribution in [3.05, 3.63) is 32.7 Å². The zero-order valence-electron chi connectivity index (χ0n) is 8.87. The molecule has 1 aromatic carbocycles. The Morgan fingerprint density at radius 3 is 2.47 bits per heavy atom. The van der Waals surface area contributed by atoms with Gasteiger partial charge >= 0.3 is 0 Å². The summed E-state index contributed by atoms with van der Waals surface area (Å²) in [6.45, 7) is 0. The molecule has 2 rings (SSSR count). The molecule has 0 N–H and O–H groups in total. The number of sulfone groups is 1. The van der Waals surface area contributed by atoms with E-state index in [4.69, 9.17) is 0 Å². The van der Waals surface area contributed by atoms with E-state index >= 15 is 0 Å². The lowest BCUT2D eigenvalue weighted by Crippen LogP contribution is -2.10. The maximum atomic E-state index is 11.5. The van der Waals surface area contributed by atoms with Crippen molar-refractivity contribution in [2.24, 2.45) is 5.92 Å². The van der Waals surface area contributed by atoms with Gasteiger partial charge in [0.25, 0.3) is 0 Å². The summed E-state index contributed by atoms with van der Waals surface area (Å²) < 4.78 is 24.9. The Balaban J connectivity index is 2.20. The van der Waals surface area contributed by atoms with Crippen molar-refractivity contribution in [2.75, 3.05) is 11.5 Å². The lowest BCUT2D eigenvalue weighted by Gasteiger charge is -2.17. The summed E-state index contributed by atoms with van der Waals surface area (Å²) in [6, 6.07) is 6.00. The van der Waals surface area contributed by atoms with Crippen LogP contribution in [0.5, 0.6) is 0 Å². The highest BCUT2D eigenvalue weighted by Crippen LogP contribution is 2.39. The van der Waals surface area contributed by atoms with Gasteiger partial charge in [0.2, 0.25) is 0 Å². The van der Waals surface area contributed by atoms with Gasteiger partial charge in [-0.05, 0) is 61.9 Å². The molecule has 6 heteroatoms. The Kier molecular flexibility index (Phi) is 4.38. The maximum Gasteiger partial charge on any atom is 0.150 e. The first kappa shape index (κ1) is 14.0. The van der Waals surface area contributed by atoms with E-state index in [1.54, 1.807) is 0 Å². The summed E-state index contributed by atoms with van der Waals surface area (Å²) in [5.41, 5.74) is 1.11. The highest BCUT2D eigenvalue weighted by molar-refractivity contribution is 9.13. The minimum Gasteiger partial charge on any atom is -0.229 e. The summed E-state index contributed by atoms with van der Waals surface area (Å²) >= 11 is 10.5. The predicted octanol–water partition coefficient (Wildman–Crippen LogP) is 4.08. The number of hydrogen-bond acceptors (Lipinski definition) is 2. The van der Waals surface area contributed by atoms with E-state index in [9.17, 15) is 8.42 Å². The second kappa shape index (κ2) is 5.31. The van der Waals surface area contributed by atoms with E-state index in [1.807, 2.05) is 18.2 Å². The van der Waals surface area contributed by atoms with Crippen molar-refractivity contribution in [3.63, 3.8) is 0 Å². The third-order valence-corrected chi connectivity index (χ3v) is 7.89. The first-order valence-corrected chi connectivity index (χ1v) is 9.51. The van der Waals surface area contributed by atoms with Gasteiger partial charge in [0.05, 0.1) is 11.5 Å². The van der Waals surface area contributed by atoms with Crippen LogP contribution in [0.15, 0.2) is 27.1 Å². The molecule has 0 aromatic heterocycles. The molecule has 0 aliphatic carbocycles. The normalized spacial score (nSPS) is 24.8. The predicted molar refractivity (Wildman–Crippen MR) is 80.3 cm³/mol. The van der Waals surface area contributed by atoms with E-state index in [0.717, 1.165) is 20.9 Å². The van der Waals surface area contributed by atoms with Crippen LogP contribution in [0.3, 0.4) is 0 Å². The monoisotopic (exact) mass is 444 g/mol. The molecule has 1 heterocycles. The smallest absolute Gasteiger partial charge is 0.150 e. The molecule has 0 radical (unpaired) electrons. The topological polar surface area (TPSA) is 34.1 Å². The Bertz CT molecular complexity index is 528. The van der Waals surface area contributed by atoms with E-state index in [2.05, 4.69) is 47.8 Å². The molecule has 0 saturated carbocycles. The number of hydrogen-bond donors (Lipinski definition) is 0.